The van der Waals surface area contributed by atoms with E-state index < -0.39 is 11.2 Å². The number of nitrogens with zero attached hydrogens (tertiary/aromatic N) is 1. The lowest BCUT2D eigenvalue weighted by Crippen LogP contribution is -2.53. The molecule has 1 aromatic heterocycles. The van der Waals surface area contributed by atoms with Gasteiger partial charge in [0.25, 0.3) is 0 Å². The number of benzene rings is 1. The van der Waals surface area contributed by atoms with Crippen molar-refractivity contribution in [3.63, 3.8) is 0 Å². The number of esters is 1. The zero-order valence-electron chi connectivity index (χ0n) is 24.4. The highest BCUT2D eigenvalue weighted by molar-refractivity contribution is 7.15. The molecule has 3 unspecified atom stereocenters. The van der Waals surface area contributed by atoms with Gasteiger partial charge in [0.2, 0.25) is 11.7 Å². The van der Waals surface area contributed by atoms with E-state index in [0.717, 1.165) is 37.0 Å². The summed E-state index contributed by atoms with van der Waals surface area (Å²) in [5.74, 6) is -0.132. The van der Waals surface area contributed by atoms with Crippen molar-refractivity contribution in [2.45, 2.75) is 109 Å². The van der Waals surface area contributed by atoms with Gasteiger partial charge < -0.3 is 20.3 Å². The lowest BCUT2D eigenvalue weighted by Gasteiger charge is -2.53. The number of aromatic nitrogens is 1. The molecule has 7 nitrogen and oxygen atoms in total. The highest BCUT2D eigenvalue weighted by Crippen LogP contribution is 2.67. The molecule has 0 bridgehead atoms. The van der Waals surface area contributed by atoms with Gasteiger partial charge in [-0.2, -0.15) is 0 Å². The Labute approximate surface area is 247 Å². The van der Waals surface area contributed by atoms with Crippen molar-refractivity contribution in [1.29, 1.82) is 0 Å². The van der Waals surface area contributed by atoms with Crippen LogP contribution in [0.1, 0.15) is 106 Å². The van der Waals surface area contributed by atoms with Crippen LogP contribution >= 0.6 is 11.3 Å². The molecule has 0 spiro atoms. The smallest absolute Gasteiger partial charge is 0.308 e. The molecule has 3 saturated carbocycles. The van der Waals surface area contributed by atoms with Gasteiger partial charge in [-0.15, -0.1) is 11.3 Å². The van der Waals surface area contributed by atoms with Crippen molar-refractivity contribution < 1.29 is 24.5 Å². The molecule has 0 radical (unpaired) electrons. The predicted molar refractivity (Wildman–Crippen MR) is 159 cm³/mol. The fourth-order valence-corrected chi connectivity index (χ4v) is 9.75. The standard InChI is InChI=1S/C33H44N2O5S/c1-20-19-34-31(41-20)35-28(37)13-9-23-18-33(39,40-29(38)14-7-21-5-3-4-6-21)32(2)16-15-26-25-12-10-24(36)17-22(25)8-11-27(26)30(23)32/h10,12,17,19,21,23,26-27,30,36,39H,3-9,11,13-16,18H2,1-2H3,(H,34,35,37)/t23-,26?,27?,30?,32+,33+/m1/s1. The van der Waals surface area contributed by atoms with Crippen LogP contribution in [-0.4, -0.2) is 32.9 Å². The minimum atomic E-state index is -1.53. The third-order valence-electron chi connectivity index (χ3n) is 11.0. The molecule has 4 aliphatic carbocycles. The number of nitrogens with one attached hydrogen (secondary N) is 1. The first-order valence-corrected chi connectivity index (χ1v) is 16.4. The van der Waals surface area contributed by atoms with Gasteiger partial charge >= 0.3 is 5.97 Å². The van der Waals surface area contributed by atoms with Crippen LogP contribution in [0.25, 0.3) is 0 Å². The van der Waals surface area contributed by atoms with Gasteiger partial charge in [-0.05, 0) is 98.3 Å². The van der Waals surface area contributed by atoms with E-state index in [1.165, 1.54) is 48.1 Å². The van der Waals surface area contributed by atoms with Crippen molar-refractivity contribution in [2.75, 3.05) is 5.32 Å². The minimum Gasteiger partial charge on any atom is -0.508 e. The van der Waals surface area contributed by atoms with E-state index in [1.54, 1.807) is 12.3 Å². The Morgan fingerprint density at radius 1 is 1.15 bits per heavy atom. The highest BCUT2D eigenvalue weighted by Gasteiger charge is 2.67. The SMILES string of the molecule is Cc1cnc(NC(=O)CC[C@@H]2C[C@](O)(OC(=O)CCC3CCCC3)[C@@]3(C)CCC4c5ccc(O)cc5CCC4C23)s1. The Balaban J connectivity index is 1.22. The summed E-state index contributed by atoms with van der Waals surface area (Å²) in [4.78, 5) is 31.4. The van der Waals surface area contributed by atoms with Gasteiger partial charge in [-0.3, -0.25) is 9.59 Å². The molecular formula is C33H44N2O5S. The second-order valence-electron chi connectivity index (χ2n) is 13.4. The topological polar surface area (TPSA) is 109 Å². The molecule has 0 aliphatic heterocycles. The number of hydrogen-bond acceptors (Lipinski definition) is 7. The van der Waals surface area contributed by atoms with Crippen LogP contribution in [0.3, 0.4) is 0 Å². The number of amides is 1. The van der Waals surface area contributed by atoms with Gasteiger partial charge in [0.1, 0.15) is 5.75 Å². The van der Waals surface area contributed by atoms with E-state index >= 15 is 0 Å². The number of aryl methyl sites for hydroxylation is 2. The fraction of sp³-hybridized carbons (Fsp3) is 0.667. The zero-order chi connectivity index (χ0) is 28.8. The number of carbonyl (C=O) groups excluding carboxylic acids is 2. The molecule has 1 heterocycles. The minimum absolute atomic E-state index is 0.0582. The highest BCUT2D eigenvalue weighted by atomic mass is 32.1. The molecule has 3 N–H and O–H groups in total. The predicted octanol–water partition coefficient (Wildman–Crippen LogP) is 6.86. The largest absolute Gasteiger partial charge is 0.508 e. The quantitative estimate of drug-likeness (QED) is 0.233. The van der Waals surface area contributed by atoms with Crippen molar-refractivity contribution >= 4 is 28.3 Å². The summed E-state index contributed by atoms with van der Waals surface area (Å²) < 4.78 is 6.11. The van der Waals surface area contributed by atoms with Gasteiger partial charge in [0.15, 0.2) is 5.13 Å². The van der Waals surface area contributed by atoms with Crippen molar-refractivity contribution in [3.8, 4) is 5.75 Å². The van der Waals surface area contributed by atoms with Crippen LogP contribution in [0.2, 0.25) is 0 Å². The molecule has 41 heavy (non-hydrogen) atoms. The Morgan fingerprint density at radius 3 is 2.71 bits per heavy atom. The van der Waals surface area contributed by atoms with Crippen LogP contribution in [0.15, 0.2) is 24.4 Å². The summed E-state index contributed by atoms with van der Waals surface area (Å²) in [5.41, 5.74) is 1.95. The Bertz CT molecular complexity index is 1290. The van der Waals surface area contributed by atoms with Crippen LogP contribution in [0, 0.1) is 36.0 Å². The molecule has 8 heteroatoms. The Kier molecular flexibility index (Phi) is 7.92. The molecule has 1 aromatic carbocycles. The zero-order valence-corrected chi connectivity index (χ0v) is 25.2. The van der Waals surface area contributed by atoms with Gasteiger partial charge in [0.05, 0.1) is 0 Å². The monoisotopic (exact) mass is 580 g/mol. The first-order valence-electron chi connectivity index (χ1n) is 15.6. The van der Waals surface area contributed by atoms with Gasteiger partial charge in [-0.25, -0.2) is 4.98 Å². The van der Waals surface area contributed by atoms with Crippen molar-refractivity contribution in [2.24, 2.45) is 29.1 Å². The van der Waals surface area contributed by atoms with Crippen LogP contribution in [0.5, 0.6) is 5.75 Å². The first kappa shape index (κ1) is 28.7. The average molecular weight is 581 g/mol. The third-order valence-corrected chi connectivity index (χ3v) is 11.9. The maximum absolute atomic E-state index is 13.2. The summed E-state index contributed by atoms with van der Waals surface area (Å²) in [5, 5.41) is 25.9. The van der Waals surface area contributed by atoms with E-state index in [2.05, 4.69) is 23.3 Å². The van der Waals surface area contributed by atoms with Gasteiger partial charge in [0, 0.05) is 35.8 Å². The maximum Gasteiger partial charge on any atom is 0.308 e. The number of aliphatic hydroxyl groups is 1. The molecule has 222 valence electrons. The number of fused-ring (bicyclic) bond motifs is 5. The molecule has 6 atom stereocenters. The van der Waals surface area contributed by atoms with Crippen LogP contribution in [0.4, 0.5) is 5.13 Å². The van der Waals surface area contributed by atoms with E-state index in [1.807, 2.05) is 13.0 Å². The van der Waals surface area contributed by atoms with E-state index in [-0.39, 0.29) is 23.7 Å². The summed E-state index contributed by atoms with van der Waals surface area (Å²) in [6, 6.07) is 5.76. The molecule has 1 amide bonds. The molecule has 3 fully saturated rings. The van der Waals surface area contributed by atoms with Gasteiger partial charge in [-0.1, -0.05) is 38.7 Å². The summed E-state index contributed by atoms with van der Waals surface area (Å²) in [7, 11) is 0. The molecule has 0 saturated heterocycles. The summed E-state index contributed by atoms with van der Waals surface area (Å²) in [6.45, 7) is 4.09. The molecule has 2 aromatic rings. The van der Waals surface area contributed by atoms with E-state index in [0.29, 0.717) is 54.3 Å². The lowest BCUT2D eigenvalue weighted by molar-refractivity contribution is -0.260. The van der Waals surface area contributed by atoms with Crippen LogP contribution in [-0.2, 0) is 20.7 Å². The Hall–Kier alpha value is -2.45. The van der Waals surface area contributed by atoms with Crippen LogP contribution < -0.4 is 5.32 Å². The lowest BCUT2D eigenvalue weighted by atomic mass is 9.53. The maximum atomic E-state index is 13.2. The fourth-order valence-electron chi connectivity index (χ4n) is 9.07. The number of thiazole rings is 1. The average Bonchev–Trinajstić information content (AvgIpc) is 3.65. The second-order valence-corrected chi connectivity index (χ2v) is 14.7. The number of aromatic hydroxyl groups is 1. The number of ether oxygens (including phenoxy) is 1. The molecule has 6 rings (SSSR count). The number of phenolic OH excluding ortho intramolecular Hbond substituents is 1. The number of phenols is 1. The number of hydrogen-bond donors (Lipinski definition) is 3. The third kappa shape index (κ3) is 5.54. The second kappa shape index (κ2) is 11.3. The Morgan fingerprint density at radius 2 is 1.95 bits per heavy atom. The number of rotatable bonds is 8. The first-order chi connectivity index (χ1) is 19.6. The summed E-state index contributed by atoms with van der Waals surface area (Å²) in [6.07, 6.45) is 12.7. The number of carbonyl (C=O) groups is 2. The molecule has 4 aliphatic rings. The number of anilines is 1. The molecular weight excluding hydrogens is 536 g/mol. The normalized spacial score (nSPS) is 32.7. The van der Waals surface area contributed by atoms with Crippen molar-refractivity contribution in [1.82, 2.24) is 4.98 Å². The van der Waals surface area contributed by atoms with E-state index in [9.17, 15) is 19.8 Å². The van der Waals surface area contributed by atoms with Crippen molar-refractivity contribution in [3.05, 3.63) is 40.4 Å². The summed E-state index contributed by atoms with van der Waals surface area (Å²) >= 11 is 1.46. The van der Waals surface area contributed by atoms with E-state index in [4.69, 9.17) is 4.74 Å².